The molecule has 0 aromatic heterocycles. The van der Waals surface area contributed by atoms with Crippen LogP contribution in [0.1, 0.15) is 26.7 Å². The van der Waals surface area contributed by atoms with Crippen LogP contribution in [0.15, 0.2) is 33.6 Å². The Labute approximate surface area is 117 Å². The SMILES string of the molecule is CC1CCC(NS(=O)(=O)c2ccccc2Br)C1C. The van der Waals surface area contributed by atoms with Gasteiger partial charge in [-0.15, -0.1) is 0 Å². The molecule has 0 radical (unpaired) electrons. The monoisotopic (exact) mass is 331 g/mol. The maximum Gasteiger partial charge on any atom is 0.241 e. The van der Waals surface area contributed by atoms with Crippen LogP contribution in [0.5, 0.6) is 0 Å². The number of halogens is 1. The predicted octanol–water partition coefficient (Wildman–Crippen LogP) is 3.16. The highest BCUT2D eigenvalue weighted by Crippen LogP contribution is 2.32. The quantitative estimate of drug-likeness (QED) is 0.924. The molecule has 1 N–H and O–H groups in total. The molecule has 0 amide bonds. The molecule has 1 aliphatic carbocycles. The van der Waals surface area contributed by atoms with Crippen molar-refractivity contribution in [1.82, 2.24) is 4.72 Å². The Morgan fingerprint density at radius 2 is 1.89 bits per heavy atom. The number of rotatable bonds is 3. The van der Waals surface area contributed by atoms with Gasteiger partial charge in [0.05, 0.1) is 4.90 Å². The molecule has 1 saturated carbocycles. The van der Waals surface area contributed by atoms with Gasteiger partial charge in [0.2, 0.25) is 10.0 Å². The van der Waals surface area contributed by atoms with Gasteiger partial charge in [-0.1, -0.05) is 26.0 Å². The summed E-state index contributed by atoms with van der Waals surface area (Å²) in [7, 11) is -3.43. The molecule has 0 bridgehead atoms. The lowest BCUT2D eigenvalue weighted by Gasteiger charge is -2.20. The Hall–Kier alpha value is -0.390. The van der Waals surface area contributed by atoms with Crippen LogP contribution in [0.2, 0.25) is 0 Å². The summed E-state index contributed by atoms with van der Waals surface area (Å²) in [6, 6.07) is 6.96. The second kappa shape index (κ2) is 5.31. The minimum Gasteiger partial charge on any atom is -0.208 e. The Balaban J connectivity index is 2.21. The maximum absolute atomic E-state index is 12.3. The Kier molecular flexibility index (Phi) is 4.14. The lowest BCUT2D eigenvalue weighted by Crippen LogP contribution is -2.37. The number of hydrogen-bond acceptors (Lipinski definition) is 2. The second-order valence-corrected chi connectivity index (χ2v) is 7.61. The summed E-state index contributed by atoms with van der Waals surface area (Å²) >= 11 is 3.29. The average Bonchev–Trinajstić information content (AvgIpc) is 2.61. The van der Waals surface area contributed by atoms with Crippen molar-refractivity contribution >= 4 is 26.0 Å². The van der Waals surface area contributed by atoms with Crippen LogP contribution in [-0.2, 0) is 10.0 Å². The number of nitrogens with one attached hydrogen (secondary N) is 1. The molecule has 3 unspecified atom stereocenters. The Morgan fingerprint density at radius 1 is 1.22 bits per heavy atom. The van der Waals surface area contributed by atoms with Crippen molar-refractivity contribution in [2.24, 2.45) is 11.8 Å². The summed E-state index contributed by atoms with van der Waals surface area (Å²) in [6.07, 6.45) is 2.01. The predicted molar refractivity (Wildman–Crippen MR) is 75.8 cm³/mol. The van der Waals surface area contributed by atoms with Gasteiger partial charge in [0.15, 0.2) is 0 Å². The lowest BCUT2D eigenvalue weighted by atomic mass is 9.98. The molecule has 1 aliphatic rings. The highest BCUT2D eigenvalue weighted by molar-refractivity contribution is 9.10. The van der Waals surface area contributed by atoms with E-state index in [1.54, 1.807) is 18.2 Å². The van der Waals surface area contributed by atoms with Crippen LogP contribution in [0.4, 0.5) is 0 Å². The molecule has 3 nitrogen and oxygen atoms in total. The zero-order valence-electron chi connectivity index (χ0n) is 10.6. The first-order valence-electron chi connectivity index (χ1n) is 6.18. The van der Waals surface area contributed by atoms with Crippen molar-refractivity contribution in [2.75, 3.05) is 0 Å². The van der Waals surface area contributed by atoms with Crippen molar-refractivity contribution in [3.63, 3.8) is 0 Å². The van der Waals surface area contributed by atoms with Crippen molar-refractivity contribution in [3.8, 4) is 0 Å². The van der Waals surface area contributed by atoms with Gasteiger partial charge < -0.3 is 0 Å². The largest absolute Gasteiger partial charge is 0.241 e. The molecule has 100 valence electrons. The van der Waals surface area contributed by atoms with Gasteiger partial charge in [-0.2, -0.15) is 0 Å². The zero-order chi connectivity index (χ0) is 13.3. The lowest BCUT2D eigenvalue weighted by molar-refractivity contribution is 0.402. The van der Waals surface area contributed by atoms with Gasteiger partial charge in [0, 0.05) is 10.5 Å². The molecule has 0 spiro atoms. The fourth-order valence-corrected chi connectivity index (χ4v) is 4.82. The van der Waals surface area contributed by atoms with Crippen LogP contribution in [-0.4, -0.2) is 14.5 Å². The molecule has 0 heterocycles. The topological polar surface area (TPSA) is 46.2 Å². The van der Waals surface area contributed by atoms with E-state index in [2.05, 4.69) is 34.5 Å². The maximum atomic E-state index is 12.3. The molecule has 1 aromatic rings. The van der Waals surface area contributed by atoms with Crippen LogP contribution in [0.3, 0.4) is 0 Å². The Morgan fingerprint density at radius 3 is 2.44 bits per heavy atom. The van der Waals surface area contributed by atoms with Crippen LogP contribution in [0.25, 0.3) is 0 Å². The van der Waals surface area contributed by atoms with Crippen molar-refractivity contribution in [3.05, 3.63) is 28.7 Å². The van der Waals surface area contributed by atoms with E-state index in [1.165, 1.54) is 0 Å². The minimum absolute atomic E-state index is 0.0529. The number of hydrogen-bond donors (Lipinski definition) is 1. The first-order chi connectivity index (χ1) is 8.42. The molecule has 1 aromatic carbocycles. The first-order valence-corrected chi connectivity index (χ1v) is 8.46. The van der Waals surface area contributed by atoms with Crippen molar-refractivity contribution in [1.29, 1.82) is 0 Å². The van der Waals surface area contributed by atoms with Gasteiger partial charge in [-0.05, 0) is 52.7 Å². The summed E-state index contributed by atoms with van der Waals surface area (Å²) in [5, 5.41) is 0. The average molecular weight is 332 g/mol. The van der Waals surface area contributed by atoms with Gasteiger partial charge >= 0.3 is 0 Å². The molecule has 3 atom stereocenters. The van der Waals surface area contributed by atoms with E-state index < -0.39 is 10.0 Å². The highest BCUT2D eigenvalue weighted by Gasteiger charge is 2.33. The normalized spacial score (nSPS) is 28.5. The Bertz CT molecular complexity index is 530. The molecule has 2 rings (SSSR count). The number of benzene rings is 1. The van der Waals surface area contributed by atoms with E-state index in [0.717, 1.165) is 12.8 Å². The third-order valence-corrected chi connectivity index (χ3v) is 6.40. The third-order valence-electron chi connectivity index (χ3n) is 3.90. The second-order valence-electron chi connectivity index (χ2n) is 5.07. The van der Waals surface area contributed by atoms with E-state index in [4.69, 9.17) is 0 Å². The van der Waals surface area contributed by atoms with E-state index >= 15 is 0 Å². The fraction of sp³-hybridized carbons (Fsp3) is 0.538. The summed E-state index contributed by atoms with van der Waals surface area (Å²) in [4.78, 5) is 0.316. The summed E-state index contributed by atoms with van der Waals surface area (Å²) in [5.74, 6) is 0.971. The molecule has 18 heavy (non-hydrogen) atoms. The first kappa shape index (κ1) is 14.0. The van der Waals surface area contributed by atoms with Crippen LogP contribution < -0.4 is 4.72 Å². The van der Waals surface area contributed by atoms with Gasteiger partial charge in [0.25, 0.3) is 0 Å². The van der Waals surface area contributed by atoms with E-state index in [-0.39, 0.29) is 6.04 Å². The molecular formula is C13H18BrNO2S. The van der Waals surface area contributed by atoms with Crippen molar-refractivity contribution in [2.45, 2.75) is 37.6 Å². The van der Waals surface area contributed by atoms with E-state index in [1.807, 2.05) is 6.07 Å². The summed E-state index contributed by atoms with van der Waals surface area (Å²) in [6.45, 7) is 4.29. The van der Waals surface area contributed by atoms with Gasteiger partial charge in [0.1, 0.15) is 0 Å². The highest BCUT2D eigenvalue weighted by atomic mass is 79.9. The molecule has 0 saturated heterocycles. The molecule has 1 fully saturated rings. The zero-order valence-corrected chi connectivity index (χ0v) is 13.0. The smallest absolute Gasteiger partial charge is 0.208 e. The van der Waals surface area contributed by atoms with Crippen molar-refractivity contribution < 1.29 is 8.42 Å². The molecular weight excluding hydrogens is 314 g/mol. The summed E-state index contributed by atoms with van der Waals surface area (Å²) < 4.78 is 28.1. The molecule has 5 heteroatoms. The number of sulfonamides is 1. The standard InChI is InChI=1S/C13H18BrNO2S/c1-9-7-8-12(10(9)2)15-18(16,17)13-6-4-3-5-11(13)14/h3-6,9-10,12,15H,7-8H2,1-2H3. The summed E-state index contributed by atoms with van der Waals surface area (Å²) in [5.41, 5.74) is 0. The van der Waals surface area contributed by atoms with Crippen LogP contribution >= 0.6 is 15.9 Å². The molecule has 0 aliphatic heterocycles. The van der Waals surface area contributed by atoms with Gasteiger partial charge in [-0.25, -0.2) is 13.1 Å². The minimum atomic E-state index is -3.43. The van der Waals surface area contributed by atoms with Gasteiger partial charge in [-0.3, -0.25) is 0 Å². The van der Waals surface area contributed by atoms with E-state index in [0.29, 0.717) is 21.2 Å². The van der Waals surface area contributed by atoms with Crippen LogP contribution in [0, 0.1) is 11.8 Å². The fourth-order valence-electron chi connectivity index (χ4n) is 2.46. The third kappa shape index (κ3) is 2.78. The van der Waals surface area contributed by atoms with E-state index in [9.17, 15) is 8.42 Å².